The molecule has 0 spiro atoms. The topological polar surface area (TPSA) is 117 Å². The standard InChI is InChI=1S/C19H26N6O2S/c1-3-8-15-24-16-17(14(2)13-23-18(16)20)25(15)11-5-4-6-12-28(26,27)19-21-9-7-10-22-19/h7,9-10,13H,3-6,8,11-12H2,1-2H3,(H2,20,23). The molecule has 28 heavy (non-hydrogen) atoms. The van der Waals surface area contributed by atoms with Crippen molar-refractivity contribution >= 4 is 26.7 Å². The highest BCUT2D eigenvalue weighted by Crippen LogP contribution is 2.25. The predicted molar refractivity (Wildman–Crippen MR) is 109 cm³/mol. The van der Waals surface area contributed by atoms with Crippen LogP contribution in [-0.4, -0.2) is 38.7 Å². The third-order valence-electron chi connectivity index (χ3n) is 4.65. The zero-order valence-electron chi connectivity index (χ0n) is 16.3. The van der Waals surface area contributed by atoms with Crippen LogP contribution in [0.1, 0.15) is 44.0 Å². The summed E-state index contributed by atoms with van der Waals surface area (Å²) in [7, 11) is -3.42. The van der Waals surface area contributed by atoms with Crippen molar-refractivity contribution in [1.82, 2.24) is 24.5 Å². The number of hydrogen-bond acceptors (Lipinski definition) is 7. The molecule has 0 atom stereocenters. The molecule has 0 saturated carbocycles. The normalized spacial score (nSPS) is 11.9. The van der Waals surface area contributed by atoms with Gasteiger partial charge in [0.1, 0.15) is 11.3 Å². The van der Waals surface area contributed by atoms with Crippen LogP contribution in [0.25, 0.3) is 11.0 Å². The van der Waals surface area contributed by atoms with Crippen LogP contribution < -0.4 is 5.73 Å². The van der Waals surface area contributed by atoms with Crippen LogP contribution in [0.5, 0.6) is 0 Å². The zero-order valence-corrected chi connectivity index (χ0v) is 17.1. The van der Waals surface area contributed by atoms with E-state index in [0.717, 1.165) is 54.6 Å². The highest BCUT2D eigenvalue weighted by atomic mass is 32.2. The Labute approximate surface area is 165 Å². The smallest absolute Gasteiger partial charge is 0.246 e. The molecule has 0 unspecified atom stereocenters. The van der Waals surface area contributed by atoms with Gasteiger partial charge in [0.15, 0.2) is 5.82 Å². The first-order valence-electron chi connectivity index (χ1n) is 9.54. The largest absolute Gasteiger partial charge is 0.382 e. The van der Waals surface area contributed by atoms with Crippen molar-refractivity contribution in [3.05, 3.63) is 36.0 Å². The number of sulfone groups is 1. The number of imidazole rings is 1. The Bertz CT molecular complexity index is 1050. The number of nitrogens with two attached hydrogens (primary N) is 1. The molecule has 0 radical (unpaired) electrons. The number of nitrogens with zero attached hydrogens (tertiary/aromatic N) is 5. The molecule has 3 rings (SSSR count). The Morgan fingerprint density at radius 1 is 1.11 bits per heavy atom. The Morgan fingerprint density at radius 3 is 2.57 bits per heavy atom. The van der Waals surface area contributed by atoms with Gasteiger partial charge in [0.05, 0.1) is 11.3 Å². The SMILES string of the molecule is CCCc1nc2c(N)ncc(C)c2n1CCCCCS(=O)(=O)c1ncccn1. The number of fused-ring (bicyclic) bond motifs is 1. The van der Waals surface area contributed by atoms with Gasteiger partial charge in [-0.25, -0.2) is 28.4 Å². The average molecular weight is 403 g/mol. The van der Waals surface area contributed by atoms with Crippen molar-refractivity contribution in [2.75, 3.05) is 11.5 Å². The van der Waals surface area contributed by atoms with Crippen molar-refractivity contribution in [2.24, 2.45) is 0 Å². The molecule has 0 amide bonds. The minimum absolute atomic E-state index is 0.0550. The van der Waals surface area contributed by atoms with Crippen molar-refractivity contribution < 1.29 is 8.42 Å². The molecule has 0 bridgehead atoms. The summed E-state index contributed by atoms with van der Waals surface area (Å²) in [5.74, 6) is 1.51. The Balaban J connectivity index is 1.66. The minimum atomic E-state index is -3.42. The average Bonchev–Trinajstić information content (AvgIpc) is 3.05. The van der Waals surface area contributed by atoms with Gasteiger partial charge in [0, 0.05) is 31.6 Å². The van der Waals surface area contributed by atoms with Crippen LogP contribution in [0.4, 0.5) is 5.82 Å². The van der Waals surface area contributed by atoms with Gasteiger partial charge in [0.25, 0.3) is 0 Å². The fourth-order valence-electron chi connectivity index (χ4n) is 3.30. The van der Waals surface area contributed by atoms with E-state index in [-0.39, 0.29) is 10.9 Å². The molecule has 3 aromatic rings. The lowest BCUT2D eigenvalue weighted by Gasteiger charge is -2.10. The first kappa shape index (κ1) is 20.2. The molecule has 0 aliphatic heterocycles. The lowest BCUT2D eigenvalue weighted by molar-refractivity contribution is 0.567. The van der Waals surface area contributed by atoms with Gasteiger partial charge in [-0.15, -0.1) is 0 Å². The van der Waals surface area contributed by atoms with Gasteiger partial charge >= 0.3 is 0 Å². The molecular formula is C19H26N6O2S. The number of aromatic nitrogens is 5. The van der Waals surface area contributed by atoms with Crippen LogP contribution in [-0.2, 0) is 22.8 Å². The maximum Gasteiger partial charge on any atom is 0.246 e. The van der Waals surface area contributed by atoms with Gasteiger partial charge < -0.3 is 10.3 Å². The molecule has 0 fully saturated rings. The molecule has 150 valence electrons. The highest BCUT2D eigenvalue weighted by molar-refractivity contribution is 7.91. The van der Waals surface area contributed by atoms with E-state index >= 15 is 0 Å². The van der Waals surface area contributed by atoms with Crippen molar-refractivity contribution in [2.45, 2.75) is 57.7 Å². The fraction of sp³-hybridized carbons (Fsp3) is 0.474. The van der Waals surface area contributed by atoms with Crippen LogP contribution in [0.3, 0.4) is 0 Å². The van der Waals surface area contributed by atoms with Crippen LogP contribution >= 0.6 is 0 Å². The third kappa shape index (κ3) is 4.30. The molecule has 3 heterocycles. The first-order chi connectivity index (χ1) is 13.4. The summed E-state index contributed by atoms with van der Waals surface area (Å²) in [5, 5.41) is -0.0977. The Kier molecular flexibility index (Phi) is 6.23. The van der Waals surface area contributed by atoms with Crippen LogP contribution in [0.2, 0.25) is 0 Å². The van der Waals surface area contributed by atoms with Gasteiger partial charge in [0.2, 0.25) is 15.0 Å². The van der Waals surface area contributed by atoms with E-state index < -0.39 is 9.84 Å². The maximum absolute atomic E-state index is 12.3. The number of nitrogen functional groups attached to an aromatic ring is 1. The second-order valence-corrected chi connectivity index (χ2v) is 8.87. The summed E-state index contributed by atoms with van der Waals surface area (Å²) >= 11 is 0. The van der Waals surface area contributed by atoms with E-state index in [2.05, 4.69) is 26.4 Å². The first-order valence-corrected chi connectivity index (χ1v) is 11.2. The third-order valence-corrected chi connectivity index (χ3v) is 6.24. The molecule has 9 heteroatoms. The van der Waals surface area contributed by atoms with E-state index in [1.165, 1.54) is 12.4 Å². The molecule has 0 aliphatic carbocycles. The molecular weight excluding hydrogens is 376 g/mol. The summed E-state index contributed by atoms with van der Waals surface area (Å²) in [6, 6.07) is 1.60. The van der Waals surface area contributed by atoms with E-state index in [1.54, 1.807) is 12.3 Å². The summed E-state index contributed by atoms with van der Waals surface area (Å²) in [6.07, 6.45) is 8.74. The summed E-state index contributed by atoms with van der Waals surface area (Å²) in [5.41, 5.74) is 8.85. The van der Waals surface area contributed by atoms with Gasteiger partial charge in [-0.3, -0.25) is 0 Å². The number of aryl methyl sites for hydroxylation is 3. The van der Waals surface area contributed by atoms with Crippen molar-refractivity contribution in [3.8, 4) is 0 Å². The van der Waals surface area contributed by atoms with E-state index in [0.29, 0.717) is 12.2 Å². The number of hydrogen-bond donors (Lipinski definition) is 1. The molecule has 0 saturated heterocycles. The maximum atomic E-state index is 12.3. The van der Waals surface area contributed by atoms with Crippen molar-refractivity contribution in [3.63, 3.8) is 0 Å². The minimum Gasteiger partial charge on any atom is -0.382 e. The molecule has 0 aliphatic rings. The van der Waals surface area contributed by atoms with Crippen LogP contribution in [0.15, 0.2) is 29.8 Å². The summed E-state index contributed by atoms with van der Waals surface area (Å²) in [6.45, 7) is 4.90. The second-order valence-electron chi connectivity index (χ2n) is 6.86. The highest BCUT2D eigenvalue weighted by Gasteiger charge is 2.17. The summed E-state index contributed by atoms with van der Waals surface area (Å²) < 4.78 is 26.7. The Hall–Kier alpha value is -2.55. The number of unbranched alkanes of at least 4 members (excludes halogenated alkanes) is 2. The second kappa shape index (κ2) is 8.64. The molecule has 0 aromatic carbocycles. The molecule has 8 nitrogen and oxygen atoms in total. The number of pyridine rings is 1. The van der Waals surface area contributed by atoms with Crippen molar-refractivity contribution in [1.29, 1.82) is 0 Å². The molecule has 3 aromatic heterocycles. The van der Waals surface area contributed by atoms with E-state index in [9.17, 15) is 8.42 Å². The predicted octanol–water partition coefficient (Wildman–Crippen LogP) is 2.71. The fourth-order valence-corrected chi connectivity index (χ4v) is 4.51. The lowest BCUT2D eigenvalue weighted by Crippen LogP contribution is -2.11. The monoisotopic (exact) mass is 402 g/mol. The van der Waals surface area contributed by atoms with E-state index in [1.807, 2.05) is 6.92 Å². The van der Waals surface area contributed by atoms with Crippen LogP contribution in [0, 0.1) is 6.92 Å². The Morgan fingerprint density at radius 2 is 1.86 bits per heavy atom. The van der Waals surface area contributed by atoms with Gasteiger partial charge in [-0.1, -0.05) is 13.3 Å². The van der Waals surface area contributed by atoms with Gasteiger partial charge in [-0.05, 0) is 37.8 Å². The lowest BCUT2D eigenvalue weighted by atomic mass is 10.2. The summed E-state index contributed by atoms with van der Waals surface area (Å²) in [4.78, 5) is 16.6. The molecule has 2 N–H and O–H groups in total. The quantitative estimate of drug-likeness (QED) is 0.432. The van der Waals surface area contributed by atoms with E-state index in [4.69, 9.17) is 10.7 Å². The van der Waals surface area contributed by atoms with Gasteiger partial charge in [-0.2, -0.15) is 0 Å². The zero-order chi connectivity index (χ0) is 20.1. The number of anilines is 1. The number of rotatable bonds is 9.